The minimum Gasteiger partial charge on any atom is -0.497 e. The minimum atomic E-state index is -0.289. The lowest BCUT2D eigenvalue weighted by atomic mass is 10.0. The highest BCUT2D eigenvalue weighted by molar-refractivity contribution is 5.98. The van der Waals surface area contributed by atoms with Gasteiger partial charge in [0.25, 0.3) is 0 Å². The Bertz CT molecular complexity index is 880. The van der Waals surface area contributed by atoms with E-state index in [1.807, 2.05) is 62.5 Å². The molecule has 0 aliphatic rings. The summed E-state index contributed by atoms with van der Waals surface area (Å²) in [7, 11) is 1.64. The fourth-order valence-electron chi connectivity index (χ4n) is 3.05. The first-order valence-electron chi connectivity index (χ1n) is 8.69. The van der Waals surface area contributed by atoms with Crippen LogP contribution in [0.2, 0.25) is 0 Å². The van der Waals surface area contributed by atoms with Crippen LogP contribution in [0.25, 0.3) is 11.1 Å². The molecule has 134 valence electrons. The van der Waals surface area contributed by atoms with E-state index < -0.39 is 0 Å². The Hall–Kier alpha value is -3.01. The van der Waals surface area contributed by atoms with Crippen LogP contribution in [0.1, 0.15) is 28.5 Å². The van der Waals surface area contributed by atoms with Crippen LogP contribution < -0.4 is 4.74 Å². The van der Waals surface area contributed by atoms with Gasteiger partial charge < -0.3 is 14.0 Å². The van der Waals surface area contributed by atoms with Crippen molar-refractivity contribution >= 4 is 5.97 Å². The molecule has 4 nitrogen and oxygen atoms in total. The van der Waals surface area contributed by atoms with Crippen molar-refractivity contribution in [2.75, 3.05) is 13.7 Å². The summed E-state index contributed by atoms with van der Waals surface area (Å²) in [6, 6.07) is 17.9. The maximum absolute atomic E-state index is 12.6. The van der Waals surface area contributed by atoms with E-state index in [-0.39, 0.29) is 5.97 Å². The predicted octanol–water partition coefficient (Wildman–Crippen LogP) is 4.70. The molecule has 0 radical (unpaired) electrons. The van der Waals surface area contributed by atoms with E-state index in [0.717, 1.165) is 22.6 Å². The van der Waals surface area contributed by atoms with E-state index in [0.29, 0.717) is 18.7 Å². The first kappa shape index (κ1) is 17.8. The highest BCUT2D eigenvalue weighted by Crippen LogP contribution is 2.30. The molecule has 0 N–H and O–H groups in total. The third-order valence-electron chi connectivity index (χ3n) is 4.42. The van der Waals surface area contributed by atoms with Crippen molar-refractivity contribution in [1.29, 1.82) is 0 Å². The van der Waals surface area contributed by atoms with Crippen molar-refractivity contribution in [3.8, 4) is 16.9 Å². The second kappa shape index (κ2) is 7.91. The molecule has 0 atom stereocenters. The standard InChI is InChI=1S/C22H23NO3/c1-4-26-22(24)21-16(2)23(14-17-8-6-5-7-9-17)15-20(21)18-10-12-19(25-3)13-11-18/h5-13,15H,4,14H2,1-3H3. The van der Waals surface area contributed by atoms with Crippen LogP contribution in [0.4, 0.5) is 0 Å². The molecule has 0 saturated carbocycles. The van der Waals surface area contributed by atoms with Crippen molar-refractivity contribution in [1.82, 2.24) is 4.57 Å². The van der Waals surface area contributed by atoms with E-state index >= 15 is 0 Å². The fourth-order valence-corrected chi connectivity index (χ4v) is 3.05. The molecule has 4 heteroatoms. The molecule has 0 amide bonds. The molecule has 3 aromatic rings. The SMILES string of the molecule is CCOC(=O)c1c(-c2ccc(OC)cc2)cn(Cc2ccccc2)c1C. The van der Waals surface area contributed by atoms with E-state index in [4.69, 9.17) is 9.47 Å². The largest absolute Gasteiger partial charge is 0.497 e. The Balaban J connectivity index is 2.05. The van der Waals surface area contributed by atoms with Gasteiger partial charge in [-0.3, -0.25) is 0 Å². The highest BCUT2D eigenvalue weighted by Gasteiger charge is 2.21. The van der Waals surface area contributed by atoms with E-state index in [1.165, 1.54) is 5.56 Å². The van der Waals surface area contributed by atoms with Crippen LogP contribution in [-0.2, 0) is 11.3 Å². The lowest BCUT2D eigenvalue weighted by Crippen LogP contribution is -2.08. The summed E-state index contributed by atoms with van der Waals surface area (Å²) < 4.78 is 12.6. The number of aromatic nitrogens is 1. The zero-order chi connectivity index (χ0) is 18.5. The number of methoxy groups -OCH3 is 1. The second-order valence-electron chi connectivity index (χ2n) is 6.07. The summed E-state index contributed by atoms with van der Waals surface area (Å²) in [6.45, 7) is 4.84. The highest BCUT2D eigenvalue weighted by atomic mass is 16.5. The van der Waals surface area contributed by atoms with Gasteiger partial charge in [-0.15, -0.1) is 0 Å². The van der Waals surface area contributed by atoms with E-state index in [2.05, 4.69) is 16.7 Å². The number of benzene rings is 2. The van der Waals surface area contributed by atoms with Gasteiger partial charge in [0.2, 0.25) is 0 Å². The normalized spacial score (nSPS) is 10.6. The minimum absolute atomic E-state index is 0.289. The molecule has 0 aliphatic heterocycles. The Morgan fingerprint density at radius 2 is 1.73 bits per heavy atom. The monoisotopic (exact) mass is 349 g/mol. The van der Waals surface area contributed by atoms with E-state index in [1.54, 1.807) is 7.11 Å². The smallest absolute Gasteiger partial charge is 0.340 e. The molecule has 26 heavy (non-hydrogen) atoms. The lowest BCUT2D eigenvalue weighted by Gasteiger charge is -2.08. The summed E-state index contributed by atoms with van der Waals surface area (Å²) in [5.41, 5.74) is 4.54. The molecule has 0 unspecified atom stereocenters. The van der Waals surface area contributed by atoms with Crippen molar-refractivity contribution in [2.24, 2.45) is 0 Å². The quantitative estimate of drug-likeness (QED) is 0.606. The maximum atomic E-state index is 12.6. The van der Waals surface area contributed by atoms with E-state index in [9.17, 15) is 4.79 Å². The number of esters is 1. The summed E-state index contributed by atoms with van der Waals surface area (Å²) in [4.78, 5) is 12.6. The Morgan fingerprint density at radius 1 is 1.04 bits per heavy atom. The lowest BCUT2D eigenvalue weighted by molar-refractivity contribution is 0.0526. The fraction of sp³-hybridized carbons (Fsp3) is 0.227. The Labute approximate surface area is 154 Å². The second-order valence-corrected chi connectivity index (χ2v) is 6.07. The summed E-state index contributed by atoms with van der Waals surface area (Å²) in [5.74, 6) is 0.495. The molecule has 0 fully saturated rings. The van der Waals surface area contributed by atoms with Gasteiger partial charge in [-0.05, 0) is 37.1 Å². The van der Waals surface area contributed by atoms with Gasteiger partial charge in [0.1, 0.15) is 5.75 Å². The van der Waals surface area contributed by atoms with Gasteiger partial charge in [0, 0.05) is 24.0 Å². The topological polar surface area (TPSA) is 40.5 Å². The van der Waals surface area contributed by atoms with Crippen LogP contribution in [0.5, 0.6) is 5.75 Å². The molecule has 0 aliphatic carbocycles. The zero-order valence-electron chi connectivity index (χ0n) is 15.4. The number of nitrogens with zero attached hydrogens (tertiary/aromatic N) is 1. The van der Waals surface area contributed by atoms with Crippen LogP contribution >= 0.6 is 0 Å². The Kier molecular flexibility index (Phi) is 5.42. The molecule has 3 rings (SSSR count). The van der Waals surface area contributed by atoms with Gasteiger partial charge >= 0.3 is 5.97 Å². The molecule has 1 heterocycles. The Morgan fingerprint density at radius 3 is 2.35 bits per heavy atom. The molecule has 0 bridgehead atoms. The molecule has 0 spiro atoms. The molecule has 0 saturated heterocycles. The number of carbonyl (C=O) groups is 1. The van der Waals surface area contributed by atoms with Crippen molar-refractivity contribution in [2.45, 2.75) is 20.4 Å². The van der Waals surface area contributed by atoms with Crippen LogP contribution in [0.3, 0.4) is 0 Å². The van der Waals surface area contributed by atoms with Crippen molar-refractivity contribution in [3.05, 3.63) is 77.6 Å². The first-order chi connectivity index (χ1) is 12.6. The van der Waals surface area contributed by atoms with Crippen LogP contribution in [0.15, 0.2) is 60.8 Å². The average molecular weight is 349 g/mol. The summed E-state index contributed by atoms with van der Waals surface area (Å²) in [5, 5.41) is 0. The van der Waals surface area contributed by atoms with Crippen molar-refractivity contribution in [3.63, 3.8) is 0 Å². The van der Waals surface area contributed by atoms with Crippen LogP contribution in [0, 0.1) is 6.92 Å². The zero-order valence-corrected chi connectivity index (χ0v) is 15.4. The third-order valence-corrected chi connectivity index (χ3v) is 4.42. The average Bonchev–Trinajstić information content (AvgIpc) is 2.99. The molecular formula is C22H23NO3. The van der Waals surface area contributed by atoms with Gasteiger partial charge in [-0.1, -0.05) is 42.5 Å². The van der Waals surface area contributed by atoms with Gasteiger partial charge in [0.15, 0.2) is 0 Å². The van der Waals surface area contributed by atoms with Gasteiger partial charge in [-0.25, -0.2) is 4.79 Å². The number of ether oxygens (including phenoxy) is 2. The summed E-state index contributed by atoms with van der Waals surface area (Å²) >= 11 is 0. The number of rotatable bonds is 6. The third kappa shape index (κ3) is 3.64. The predicted molar refractivity (Wildman–Crippen MR) is 103 cm³/mol. The molecule has 1 aromatic heterocycles. The summed E-state index contributed by atoms with van der Waals surface area (Å²) in [6.07, 6.45) is 2.02. The van der Waals surface area contributed by atoms with Crippen LogP contribution in [-0.4, -0.2) is 24.3 Å². The maximum Gasteiger partial charge on any atom is 0.340 e. The van der Waals surface area contributed by atoms with Crippen molar-refractivity contribution < 1.29 is 14.3 Å². The number of hydrogen-bond acceptors (Lipinski definition) is 3. The number of hydrogen-bond donors (Lipinski definition) is 0. The molecule has 2 aromatic carbocycles. The number of carbonyl (C=O) groups excluding carboxylic acids is 1. The first-order valence-corrected chi connectivity index (χ1v) is 8.69. The van der Waals surface area contributed by atoms with Gasteiger partial charge in [0.05, 0.1) is 19.3 Å². The molecular weight excluding hydrogens is 326 g/mol. The van der Waals surface area contributed by atoms with Gasteiger partial charge in [-0.2, -0.15) is 0 Å².